The third kappa shape index (κ3) is 17.6. The van der Waals surface area contributed by atoms with Gasteiger partial charge in [0.25, 0.3) is 5.91 Å². The van der Waals surface area contributed by atoms with Crippen LogP contribution in [-0.2, 0) is 30.0 Å². The molecule has 0 bridgehead atoms. The molecule has 3 aliphatic rings. The maximum atomic E-state index is 12.6. The average molecular weight is 710 g/mol. The molecule has 0 aromatic carbocycles. The van der Waals surface area contributed by atoms with Gasteiger partial charge in [0.1, 0.15) is 6.04 Å². The number of rotatable bonds is 16. The van der Waals surface area contributed by atoms with Crippen molar-refractivity contribution in [2.45, 2.75) is 155 Å². The lowest BCUT2D eigenvalue weighted by Crippen LogP contribution is -2.55. The number of urea groups is 1. The molecule has 0 aromatic rings. The van der Waals surface area contributed by atoms with E-state index in [0.29, 0.717) is 37.0 Å². The Kier molecular flexibility index (Phi) is 21.3. The molecule has 0 aromatic heterocycles. The number of nitrogens with one attached hydrogen (secondary N) is 4. The van der Waals surface area contributed by atoms with Gasteiger partial charge in [-0.1, -0.05) is 71.8 Å². The molecule has 49 heavy (non-hydrogen) atoms. The number of Topliss-reactive ketones (excluding diaryl/α,β-unsaturated/α-hetero) is 1. The molecule has 3 rings (SSSR count). The molecule has 1 aliphatic heterocycles. The highest BCUT2D eigenvalue weighted by molar-refractivity contribution is 7.84. The minimum absolute atomic E-state index is 0.127. The van der Waals surface area contributed by atoms with Crippen molar-refractivity contribution in [3.63, 3.8) is 0 Å². The smallest absolute Gasteiger partial charge is 0.315 e. The lowest BCUT2D eigenvalue weighted by atomic mass is 9.84. The zero-order valence-electron chi connectivity index (χ0n) is 31.5. The molecule has 0 radical (unpaired) electrons. The fourth-order valence-electron chi connectivity index (χ4n) is 6.12. The van der Waals surface area contributed by atoms with Gasteiger partial charge >= 0.3 is 6.03 Å². The SMILES string of the molecule is C=CCNC(=O)C(=O)C(CCC1CC1)NC(=O)C1CCCN1C(C)=O.CCC(C)(CS(C)=O)NC(=O)NC(C)C1CCCCC1.CCCC. The molecule has 11 nitrogen and oxygen atoms in total. The van der Waals surface area contributed by atoms with Crippen LogP contribution in [0, 0.1) is 11.8 Å². The van der Waals surface area contributed by atoms with E-state index in [2.05, 4.69) is 48.6 Å². The molecule has 2 aliphatic carbocycles. The van der Waals surface area contributed by atoms with E-state index in [1.165, 1.54) is 62.8 Å². The van der Waals surface area contributed by atoms with Crippen molar-refractivity contribution < 1.29 is 28.2 Å². The van der Waals surface area contributed by atoms with Gasteiger partial charge < -0.3 is 26.2 Å². The summed E-state index contributed by atoms with van der Waals surface area (Å²) in [5.41, 5.74) is -0.393. The number of amides is 5. The van der Waals surface area contributed by atoms with Crippen molar-refractivity contribution in [3.05, 3.63) is 12.7 Å². The Morgan fingerprint density at radius 1 is 0.959 bits per heavy atom. The summed E-state index contributed by atoms with van der Waals surface area (Å²) in [7, 11) is -0.911. The maximum absolute atomic E-state index is 12.6. The molecule has 1 heterocycles. The fourth-order valence-corrected chi connectivity index (χ4v) is 7.29. The van der Waals surface area contributed by atoms with Gasteiger partial charge in [-0.3, -0.25) is 23.4 Å². The normalized spacial score (nSPS) is 20.4. The van der Waals surface area contributed by atoms with Gasteiger partial charge in [0, 0.05) is 48.9 Å². The first kappa shape index (κ1) is 44.3. The number of carbonyl (C=O) groups excluding carboxylic acids is 5. The van der Waals surface area contributed by atoms with Gasteiger partial charge in [0.15, 0.2) is 0 Å². The van der Waals surface area contributed by atoms with Crippen LogP contribution in [0.1, 0.15) is 131 Å². The minimum atomic E-state index is -0.911. The van der Waals surface area contributed by atoms with Crippen LogP contribution in [0.5, 0.6) is 0 Å². The van der Waals surface area contributed by atoms with Gasteiger partial charge in [-0.05, 0) is 70.6 Å². The van der Waals surface area contributed by atoms with E-state index >= 15 is 0 Å². The van der Waals surface area contributed by atoms with Gasteiger partial charge in [-0.2, -0.15) is 0 Å². The Bertz CT molecular complexity index is 1090. The Balaban J connectivity index is 0.000000451. The highest BCUT2D eigenvalue weighted by Gasteiger charge is 2.36. The molecule has 5 unspecified atom stereocenters. The summed E-state index contributed by atoms with van der Waals surface area (Å²) >= 11 is 0. The number of nitrogens with zero attached hydrogens (tertiary/aromatic N) is 1. The predicted octanol–water partition coefficient (Wildman–Crippen LogP) is 5.15. The Labute approximate surface area is 298 Å². The number of likely N-dealkylation sites (tertiary alicyclic amines) is 1. The van der Waals surface area contributed by atoms with Crippen LogP contribution in [-0.4, -0.2) is 87.4 Å². The van der Waals surface area contributed by atoms with Crippen LogP contribution in [0.4, 0.5) is 4.79 Å². The van der Waals surface area contributed by atoms with Gasteiger partial charge in [-0.15, -0.1) is 6.58 Å². The minimum Gasteiger partial charge on any atom is -0.346 e. The number of carbonyl (C=O) groups is 5. The number of hydrogen-bond acceptors (Lipinski definition) is 6. The molecule has 1 saturated heterocycles. The quantitative estimate of drug-likeness (QED) is 0.128. The molecule has 12 heteroatoms. The third-order valence-corrected chi connectivity index (χ3v) is 10.8. The Hall–Kier alpha value is -2.76. The maximum Gasteiger partial charge on any atom is 0.315 e. The second kappa shape index (κ2) is 23.6. The topological polar surface area (TPSA) is 154 Å². The van der Waals surface area contributed by atoms with Crippen LogP contribution in [0.15, 0.2) is 12.7 Å². The zero-order valence-corrected chi connectivity index (χ0v) is 32.3. The summed E-state index contributed by atoms with van der Waals surface area (Å²) in [5, 5.41) is 11.2. The van der Waals surface area contributed by atoms with E-state index in [0.717, 1.165) is 32.1 Å². The Morgan fingerprint density at radius 2 is 1.59 bits per heavy atom. The second-order valence-corrected chi connectivity index (χ2v) is 15.7. The number of ketones is 1. The largest absolute Gasteiger partial charge is 0.346 e. The van der Waals surface area contributed by atoms with E-state index in [1.807, 2.05) is 13.8 Å². The van der Waals surface area contributed by atoms with Crippen LogP contribution in [0.3, 0.4) is 0 Å². The van der Waals surface area contributed by atoms with Crippen LogP contribution < -0.4 is 21.3 Å². The van der Waals surface area contributed by atoms with Gasteiger partial charge in [0.05, 0.1) is 11.6 Å². The molecule has 5 atom stereocenters. The Morgan fingerprint density at radius 3 is 2.10 bits per heavy atom. The average Bonchev–Trinajstić information content (AvgIpc) is 3.77. The molecule has 3 fully saturated rings. The first-order valence-corrected chi connectivity index (χ1v) is 20.3. The monoisotopic (exact) mass is 709 g/mol. The van der Waals surface area contributed by atoms with Crippen molar-refractivity contribution in [1.82, 2.24) is 26.2 Å². The van der Waals surface area contributed by atoms with Crippen molar-refractivity contribution in [1.29, 1.82) is 0 Å². The van der Waals surface area contributed by atoms with Crippen molar-refractivity contribution in [2.75, 3.05) is 25.1 Å². The molecular formula is C37H67N5O6S. The number of hydrogen-bond donors (Lipinski definition) is 4. The molecule has 0 spiro atoms. The van der Waals surface area contributed by atoms with E-state index in [4.69, 9.17) is 0 Å². The first-order chi connectivity index (χ1) is 23.2. The van der Waals surface area contributed by atoms with Crippen LogP contribution >= 0.6 is 0 Å². The predicted molar refractivity (Wildman–Crippen MR) is 198 cm³/mol. The van der Waals surface area contributed by atoms with E-state index in [-0.39, 0.29) is 30.4 Å². The summed E-state index contributed by atoms with van der Waals surface area (Å²) in [6.45, 7) is 16.1. The van der Waals surface area contributed by atoms with E-state index in [9.17, 15) is 28.2 Å². The van der Waals surface area contributed by atoms with E-state index < -0.39 is 40.1 Å². The van der Waals surface area contributed by atoms with Crippen molar-refractivity contribution in [3.8, 4) is 0 Å². The summed E-state index contributed by atoms with van der Waals surface area (Å²) in [4.78, 5) is 62.2. The van der Waals surface area contributed by atoms with Crippen molar-refractivity contribution in [2.24, 2.45) is 11.8 Å². The van der Waals surface area contributed by atoms with E-state index in [1.54, 1.807) is 6.26 Å². The van der Waals surface area contributed by atoms with Crippen LogP contribution in [0.25, 0.3) is 0 Å². The molecule has 282 valence electrons. The molecule has 2 saturated carbocycles. The first-order valence-electron chi connectivity index (χ1n) is 18.6. The summed E-state index contributed by atoms with van der Waals surface area (Å²) < 4.78 is 11.4. The van der Waals surface area contributed by atoms with Crippen molar-refractivity contribution >= 4 is 40.3 Å². The summed E-state index contributed by atoms with van der Waals surface area (Å²) in [6.07, 6.45) is 17.8. The van der Waals surface area contributed by atoms with Gasteiger partial charge in [0.2, 0.25) is 17.6 Å². The molecule has 4 N–H and O–H groups in total. The summed E-state index contributed by atoms with van der Waals surface area (Å²) in [5.74, 6) is -0.166. The molecular weight excluding hydrogens is 643 g/mol. The summed E-state index contributed by atoms with van der Waals surface area (Å²) in [6, 6.07) is -1.31. The highest BCUT2D eigenvalue weighted by Crippen LogP contribution is 2.34. The standard InChI is InChI=1S/C18H27N3O4.C15H30N2O2S.C4H10/c1-3-10-19-18(25)16(23)14(9-8-13-6-7-13)20-17(24)15-5-4-11-21(15)12(2)22;1-5-15(3,11-20(4)19)17-14(18)16-12(2)13-9-7-6-8-10-13;1-3-4-2/h3,13-15H,1,4-11H2,2H3,(H,19,25)(H,20,24);12-13H,5-11H2,1-4H3,(H2,16,17,18);3-4H2,1-2H3. The second-order valence-electron chi connectivity index (χ2n) is 14.2. The highest BCUT2D eigenvalue weighted by atomic mass is 32.2. The zero-order chi connectivity index (χ0) is 37.0. The van der Waals surface area contributed by atoms with Gasteiger partial charge in [-0.25, -0.2) is 4.79 Å². The van der Waals surface area contributed by atoms with Crippen LogP contribution in [0.2, 0.25) is 0 Å². The fraction of sp³-hybridized carbons (Fsp3) is 0.811. The lowest BCUT2D eigenvalue weighted by Gasteiger charge is -2.32. The lowest BCUT2D eigenvalue weighted by molar-refractivity contribution is -0.141. The molecule has 5 amide bonds. The third-order valence-electron chi connectivity index (χ3n) is 9.72. The number of unbranched alkanes of at least 4 members (excludes halogenated alkanes) is 1.